The quantitative estimate of drug-likeness (QED) is 0.169. The first-order valence-electron chi connectivity index (χ1n) is 9.62. The summed E-state index contributed by atoms with van der Waals surface area (Å²) in [4.78, 5) is 34.7. The number of hydrogen-bond donors (Lipinski definition) is 3. The van der Waals surface area contributed by atoms with Crippen molar-refractivity contribution in [2.75, 3.05) is 10.6 Å². The van der Waals surface area contributed by atoms with Crippen LogP contribution in [-0.4, -0.2) is 21.9 Å². The third kappa shape index (κ3) is 7.11. The number of carbonyl (C=O) groups excluding carboxylic acids is 2. The van der Waals surface area contributed by atoms with Gasteiger partial charge in [-0.25, -0.2) is 0 Å². The maximum Gasteiger partial charge on any atom is 0.288 e. The molecule has 0 saturated heterocycles. The molecule has 0 saturated carbocycles. The molecule has 0 radical (unpaired) electrons. The molecule has 0 bridgehead atoms. The second-order valence-corrected chi connectivity index (χ2v) is 8.04. The standard InChI is InChI=1S/C23H16Cl2N4O4S/c24-16-3-1-2-15(13-16)22(31)26-17-6-8-18(9-7-17)27-23(34)28-21(30)11-5-14-4-10-19(25)20(12-14)29(32)33/h1-13H,(H,26,31)(H2,27,28,30,34). The molecule has 0 aliphatic heterocycles. The number of amides is 2. The van der Waals surface area contributed by atoms with Crippen LogP contribution in [0.4, 0.5) is 17.1 Å². The zero-order chi connectivity index (χ0) is 24.7. The van der Waals surface area contributed by atoms with Gasteiger partial charge in [0.15, 0.2) is 5.11 Å². The van der Waals surface area contributed by atoms with Gasteiger partial charge in [-0.2, -0.15) is 0 Å². The molecule has 11 heteroatoms. The lowest BCUT2D eigenvalue weighted by Gasteiger charge is -2.10. The van der Waals surface area contributed by atoms with E-state index in [1.807, 2.05) is 0 Å². The lowest BCUT2D eigenvalue weighted by atomic mass is 10.2. The normalized spacial score (nSPS) is 10.5. The molecule has 34 heavy (non-hydrogen) atoms. The lowest BCUT2D eigenvalue weighted by Crippen LogP contribution is -2.32. The van der Waals surface area contributed by atoms with Crippen molar-refractivity contribution in [2.24, 2.45) is 0 Å². The van der Waals surface area contributed by atoms with Gasteiger partial charge < -0.3 is 10.6 Å². The van der Waals surface area contributed by atoms with Gasteiger partial charge in [0, 0.05) is 34.1 Å². The van der Waals surface area contributed by atoms with Crippen LogP contribution in [0.3, 0.4) is 0 Å². The molecule has 3 N–H and O–H groups in total. The van der Waals surface area contributed by atoms with Crippen LogP contribution in [0.1, 0.15) is 15.9 Å². The molecular weight excluding hydrogens is 499 g/mol. The predicted molar refractivity (Wildman–Crippen MR) is 137 cm³/mol. The zero-order valence-corrected chi connectivity index (χ0v) is 19.6. The minimum atomic E-state index is -0.604. The number of halogens is 2. The van der Waals surface area contributed by atoms with Crippen molar-refractivity contribution in [3.63, 3.8) is 0 Å². The minimum absolute atomic E-state index is 0.00651. The molecule has 0 atom stereocenters. The van der Waals surface area contributed by atoms with Crippen LogP contribution in [-0.2, 0) is 4.79 Å². The molecule has 3 aromatic rings. The summed E-state index contributed by atoms with van der Waals surface area (Å²) < 4.78 is 0. The minimum Gasteiger partial charge on any atom is -0.332 e. The Morgan fingerprint density at radius 2 is 1.62 bits per heavy atom. The summed E-state index contributed by atoms with van der Waals surface area (Å²) in [5.41, 5.74) is 1.75. The number of thiocarbonyl (C=S) groups is 1. The molecule has 3 aromatic carbocycles. The number of nitro benzene ring substituents is 1. The Kier molecular flexibility index (Phi) is 8.31. The summed E-state index contributed by atoms with van der Waals surface area (Å²) in [5.74, 6) is -0.829. The van der Waals surface area contributed by atoms with Crippen LogP contribution in [0.15, 0.2) is 72.8 Å². The van der Waals surface area contributed by atoms with Gasteiger partial charge in [-0.15, -0.1) is 0 Å². The SMILES string of the molecule is O=C(C=Cc1ccc(Cl)c([N+](=O)[O-])c1)NC(=S)Nc1ccc(NC(=O)c2cccc(Cl)c2)cc1. The number of nitro groups is 1. The van der Waals surface area contributed by atoms with E-state index in [1.165, 1.54) is 24.3 Å². The summed E-state index contributed by atoms with van der Waals surface area (Å²) in [7, 11) is 0. The molecule has 0 aromatic heterocycles. The van der Waals surface area contributed by atoms with Crippen molar-refractivity contribution in [2.45, 2.75) is 0 Å². The Balaban J connectivity index is 1.53. The zero-order valence-electron chi connectivity index (χ0n) is 17.2. The van der Waals surface area contributed by atoms with Crippen molar-refractivity contribution in [3.8, 4) is 0 Å². The van der Waals surface area contributed by atoms with Crippen LogP contribution in [0.25, 0.3) is 6.08 Å². The summed E-state index contributed by atoms with van der Waals surface area (Å²) in [6, 6.07) is 17.5. The maximum atomic E-state index is 12.3. The van der Waals surface area contributed by atoms with E-state index in [0.29, 0.717) is 27.5 Å². The van der Waals surface area contributed by atoms with E-state index in [-0.39, 0.29) is 21.7 Å². The van der Waals surface area contributed by atoms with Gasteiger partial charge >= 0.3 is 0 Å². The molecular formula is C23H16Cl2N4O4S. The Labute approximate surface area is 209 Å². The van der Waals surface area contributed by atoms with Crippen molar-refractivity contribution >= 4 is 75.5 Å². The molecule has 172 valence electrons. The molecule has 0 spiro atoms. The molecule has 3 rings (SSSR count). The molecule has 0 fully saturated rings. The Bertz CT molecular complexity index is 1300. The van der Waals surface area contributed by atoms with Crippen molar-refractivity contribution in [1.82, 2.24) is 5.32 Å². The first kappa shape index (κ1) is 24.8. The smallest absolute Gasteiger partial charge is 0.288 e. The fraction of sp³-hybridized carbons (Fsp3) is 0. The number of benzene rings is 3. The maximum absolute atomic E-state index is 12.3. The Morgan fingerprint density at radius 3 is 2.26 bits per heavy atom. The summed E-state index contributed by atoms with van der Waals surface area (Å²) in [5, 5.41) is 19.6. The van der Waals surface area contributed by atoms with Crippen molar-refractivity contribution in [3.05, 3.63) is 104 Å². The third-order valence-corrected chi connectivity index (χ3v) is 5.08. The summed E-state index contributed by atoms with van der Waals surface area (Å²) in [6.07, 6.45) is 2.59. The van der Waals surface area contributed by atoms with Crippen LogP contribution < -0.4 is 16.0 Å². The fourth-order valence-electron chi connectivity index (χ4n) is 2.73. The number of hydrogen-bond acceptors (Lipinski definition) is 5. The van der Waals surface area contributed by atoms with Gasteiger partial charge in [0.1, 0.15) is 5.02 Å². The van der Waals surface area contributed by atoms with Crippen molar-refractivity contribution in [1.29, 1.82) is 0 Å². The van der Waals surface area contributed by atoms with Gasteiger partial charge in [-0.1, -0.05) is 35.3 Å². The van der Waals surface area contributed by atoms with E-state index >= 15 is 0 Å². The van der Waals surface area contributed by atoms with Crippen LogP contribution in [0.5, 0.6) is 0 Å². The van der Waals surface area contributed by atoms with E-state index < -0.39 is 10.8 Å². The molecule has 0 unspecified atom stereocenters. The molecule has 2 amide bonds. The highest BCUT2D eigenvalue weighted by molar-refractivity contribution is 7.80. The Hall–Kier alpha value is -3.79. The van der Waals surface area contributed by atoms with Gasteiger partial charge in [0.05, 0.1) is 4.92 Å². The number of rotatable bonds is 6. The molecule has 0 aliphatic rings. The van der Waals surface area contributed by atoms with E-state index in [2.05, 4.69) is 16.0 Å². The monoisotopic (exact) mass is 514 g/mol. The molecule has 0 heterocycles. The summed E-state index contributed by atoms with van der Waals surface area (Å²) >= 11 is 16.8. The average molecular weight is 515 g/mol. The number of nitrogens with one attached hydrogen (secondary N) is 3. The highest BCUT2D eigenvalue weighted by Crippen LogP contribution is 2.25. The van der Waals surface area contributed by atoms with Gasteiger partial charge in [0.25, 0.3) is 11.6 Å². The number of nitrogens with zero attached hydrogens (tertiary/aromatic N) is 1. The van der Waals surface area contributed by atoms with Crippen molar-refractivity contribution < 1.29 is 14.5 Å². The van der Waals surface area contributed by atoms with E-state index in [0.717, 1.165) is 0 Å². The first-order valence-corrected chi connectivity index (χ1v) is 10.8. The van der Waals surface area contributed by atoms with Gasteiger partial charge in [-0.05, 0) is 72.4 Å². The van der Waals surface area contributed by atoms with E-state index in [9.17, 15) is 19.7 Å². The van der Waals surface area contributed by atoms with Gasteiger partial charge in [0.2, 0.25) is 5.91 Å². The first-order chi connectivity index (χ1) is 16.2. The second kappa shape index (κ2) is 11.4. The van der Waals surface area contributed by atoms with Crippen LogP contribution in [0.2, 0.25) is 10.0 Å². The fourth-order valence-corrected chi connectivity index (χ4v) is 3.33. The Morgan fingerprint density at radius 1 is 0.941 bits per heavy atom. The highest BCUT2D eigenvalue weighted by Gasteiger charge is 2.12. The number of anilines is 2. The van der Waals surface area contributed by atoms with E-state index in [4.69, 9.17) is 35.4 Å². The molecule has 0 aliphatic carbocycles. The largest absolute Gasteiger partial charge is 0.332 e. The number of carbonyl (C=O) groups is 2. The summed E-state index contributed by atoms with van der Waals surface area (Å²) in [6.45, 7) is 0. The second-order valence-electron chi connectivity index (χ2n) is 6.79. The lowest BCUT2D eigenvalue weighted by molar-refractivity contribution is -0.384. The van der Waals surface area contributed by atoms with Gasteiger partial charge in [-0.3, -0.25) is 25.0 Å². The van der Waals surface area contributed by atoms with Crippen LogP contribution in [0, 0.1) is 10.1 Å². The highest BCUT2D eigenvalue weighted by atomic mass is 35.5. The topological polar surface area (TPSA) is 113 Å². The molecule has 8 nitrogen and oxygen atoms in total. The van der Waals surface area contributed by atoms with E-state index in [1.54, 1.807) is 54.6 Å². The third-order valence-electron chi connectivity index (χ3n) is 4.32. The average Bonchev–Trinajstić information content (AvgIpc) is 2.79. The van der Waals surface area contributed by atoms with Crippen LogP contribution >= 0.6 is 35.4 Å². The predicted octanol–water partition coefficient (Wildman–Crippen LogP) is 5.68.